The minimum atomic E-state index is -0.305. The molecular formula is C17H18ClFN6. The first-order chi connectivity index (χ1) is 12.2. The molecule has 6 nitrogen and oxygen atoms in total. The number of hydrogen-bond acceptors (Lipinski definition) is 5. The molecule has 0 unspecified atom stereocenters. The molecule has 25 heavy (non-hydrogen) atoms. The van der Waals surface area contributed by atoms with E-state index in [1.165, 1.54) is 12.1 Å². The van der Waals surface area contributed by atoms with Crippen LogP contribution < -0.4 is 16.0 Å². The van der Waals surface area contributed by atoms with Crippen LogP contribution in [0.2, 0.25) is 5.02 Å². The van der Waals surface area contributed by atoms with Crippen LogP contribution in [0.25, 0.3) is 5.65 Å². The Morgan fingerprint density at radius 2 is 2.24 bits per heavy atom. The number of nitrogens with one attached hydrogen (secondary N) is 3. The average molecular weight is 361 g/mol. The van der Waals surface area contributed by atoms with Crippen molar-refractivity contribution in [2.45, 2.75) is 18.9 Å². The zero-order valence-corrected chi connectivity index (χ0v) is 14.2. The van der Waals surface area contributed by atoms with Crippen molar-refractivity contribution in [3.05, 3.63) is 47.4 Å². The van der Waals surface area contributed by atoms with Crippen LogP contribution >= 0.6 is 11.6 Å². The zero-order valence-electron chi connectivity index (χ0n) is 13.5. The number of halogens is 2. The van der Waals surface area contributed by atoms with Crippen molar-refractivity contribution in [1.29, 1.82) is 0 Å². The molecule has 0 radical (unpaired) electrons. The molecule has 2 aromatic heterocycles. The Labute approximate surface area is 149 Å². The molecule has 3 N–H and O–H groups in total. The molecule has 0 bridgehead atoms. The number of fused-ring (bicyclic) bond motifs is 1. The lowest BCUT2D eigenvalue weighted by Gasteiger charge is -2.24. The van der Waals surface area contributed by atoms with Crippen LogP contribution in [-0.4, -0.2) is 33.7 Å². The highest BCUT2D eigenvalue weighted by molar-refractivity contribution is 6.33. The zero-order chi connectivity index (χ0) is 17.2. The molecular weight excluding hydrogens is 343 g/mol. The van der Waals surface area contributed by atoms with Crippen molar-refractivity contribution in [3.63, 3.8) is 0 Å². The van der Waals surface area contributed by atoms with Gasteiger partial charge in [0.2, 0.25) is 0 Å². The van der Waals surface area contributed by atoms with E-state index in [0.717, 1.165) is 25.9 Å². The van der Waals surface area contributed by atoms with Gasteiger partial charge in [0.15, 0.2) is 5.65 Å². The summed E-state index contributed by atoms with van der Waals surface area (Å²) in [7, 11) is 0. The van der Waals surface area contributed by atoms with E-state index >= 15 is 0 Å². The van der Waals surface area contributed by atoms with E-state index in [1.54, 1.807) is 22.8 Å². The van der Waals surface area contributed by atoms with Gasteiger partial charge >= 0.3 is 0 Å². The number of nitrogens with zero attached hydrogens (tertiary/aromatic N) is 3. The predicted molar refractivity (Wildman–Crippen MR) is 97.2 cm³/mol. The van der Waals surface area contributed by atoms with Crippen molar-refractivity contribution in [2.75, 3.05) is 23.7 Å². The Morgan fingerprint density at radius 3 is 3.04 bits per heavy atom. The molecule has 1 aromatic carbocycles. The summed E-state index contributed by atoms with van der Waals surface area (Å²) in [5, 5.41) is 14.7. The highest BCUT2D eigenvalue weighted by atomic mass is 35.5. The van der Waals surface area contributed by atoms with E-state index in [9.17, 15) is 4.39 Å². The van der Waals surface area contributed by atoms with Gasteiger partial charge in [0.05, 0.1) is 6.20 Å². The summed E-state index contributed by atoms with van der Waals surface area (Å²) < 4.78 is 15.1. The van der Waals surface area contributed by atoms with E-state index in [1.807, 2.05) is 6.07 Å². The predicted octanol–water partition coefficient (Wildman–Crippen LogP) is 3.43. The second-order valence-electron chi connectivity index (χ2n) is 6.08. The second kappa shape index (κ2) is 6.85. The minimum absolute atomic E-state index is 0.305. The molecule has 3 heterocycles. The smallest absolute Gasteiger partial charge is 0.178 e. The van der Waals surface area contributed by atoms with Crippen LogP contribution in [0.3, 0.4) is 0 Å². The number of benzene rings is 1. The average Bonchev–Trinajstić information content (AvgIpc) is 2.97. The molecule has 1 saturated heterocycles. The lowest BCUT2D eigenvalue weighted by atomic mass is 10.1. The summed E-state index contributed by atoms with van der Waals surface area (Å²) in [6, 6.07) is 8.44. The molecule has 1 atom stereocenters. The fraction of sp³-hybridized carbons (Fsp3) is 0.294. The van der Waals surface area contributed by atoms with Gasteiger partial charge in [-0.1, -0.05) is 17.7 Å². The first kappa shape index (κ1) is 16.1. The third-order valence-electron chi connectivity index (χ3n) is 4.17. The molecule has 0 saturated carbocycles. The van der Waals surface area contributed by atoms with E-state index in [-0.39, 0.29) is 5.82 Å². The Balaban J connectivity index is 1.68. The van der Waals surface area contributed by atoms with E-state index in [2.05, 4.69) is 26.0 Å². The number of aromatic nitrogens is 3. The van der Waals surface area contributed by atoms with E-state index < -0.39 is 0 Å². The maximum atomic E-state index is 13.5. The third kappa shape index (κ3) is 3.52. The van der Waals surface area contributed by atoms with Crippen LogP contribution in [-0.2, 0) is 0 Å². The minimum Gasteiger partial charge on any atom is -0.366 e. The molecule has 0 amide bonds. The number of anilines is 3. The molecule has 8 heteroatoms. The number of piperidine rings is 1. The van der Waals surface area contributed by atoms with Crippen molar-refractivity contribution >= 4 is 34.6 Å². The molecule has 4 rings (SSSR count). The summed E-state index contributed by atoms with van der Waals surface area (Å²) in [6.07, 6.45) is 3.76. The Bertz CT molecular complexity index is 890. The van der Waals surface area contributed by atoms with Crippen molar-refractivity contribution in [1.82, 2.24) is 19.9 Å². The normalized spacial score (nSPS) is 17.6. The first-order valence-electron chi connectivity index (χ1n) is 8.23. The van der Waals surface area contributed by atoms with Crippen LogP contribution in [0, 0.1) is 5.82 Å². The van der Waals surface area contributed by atoms with Crippen molar-refractivity contribution < 1.29 is 4.39 Å². The fourth-order valence-electron chi connectivity index (χ4n) is 3.00. The first-order valence-corrected chi connectivity index (χ1v) is 8.61. The lowest BCUT2D eigenvalue weighted by molar-refractivity contribution is 0.479. The van der Waals surface area contributed by atoms with Crippen LogP contribution in [0.4, 0.5) is 21.7 Å². The Hall–Kier alpha value is -2.38. The Kier molecular flexibility index (Phi) is 4.42. The van der Waals surface area contributed by atoms with Crippen molar-refractivity contribution in [3.8, 4) is 0 Å². The Morgan fingerprint density at radius 1 is 1.32 bits per heavy atom. The summed E-state index contributed by atoms with van der Waals surface area (Å²) >= 11 is 6.21. The summed E-state index contributed by atoms with van der Waals surface area (Å²) in [5.41, 5.74) is 1.18. The van der Waals surface area contributed by atoms with E-state index in [0.29, 0.717) is 34.0 Å². The molecule has 1 fully saturated rings. The van der Waals surface area contributed by atoms with Gasteiger partial charge in [-0.25, -0.2) is 9.37 Å². The molecule has 130 valence electrons. The summed E-state index contributed by atoms with van der Waals surface area (Å²) in [5.74, 6) is 1.07. The standard InChI is InChI=1S/C17H18ClFN6/c18-14-10-21-25-16(23-12-4-1-3-11(19)7-12)8-15(24-17(14)25)22-13-5-2-6-20-9-13/h1,3-4,7-8,10,13,20,23H,2,5-6,9H2,(H,22,24)/t13-/m0/s1. The van der Waals surface area contributed by atoms with Gasteiger partial charge in [-0.15, -0.1) is 0 Å². The van der Waals surface area contributed by atoms with Gasteiger partial charge in [-0.05, 0) is 37.6 Å². The largest absolute Gasteiger partial charge is 0.366 e. The van der Waals surface area contributed by atoms with Gasteiger partial charge < -0.3 is 16.0 Å². The molecule has 3 aromatic rings. The quantitative estimate of drug-likeness (QED) is 0.665. The van der Waals surface area contributed by atoms with Crippen LogP contribution in [0.5, 0.6) is 0 Å². The highest BCUT2D eigenvalue weighted by Crippen LogP contribution is 2.25. The maximum absolute atomic E-state index is 13.5. The van der Waals surface area contributed by atoms with Gasteiger partial charge in [-0.3, -0.25) is 0 Å². The second-order valence-corrected chi connectivity index (χ2v) is 6.48. The summed E-state index contributed by atoms with van der Waals surface area (Å²) in [6.45, 7) is 1.94. The fourth-order valence-corrected chi connectivity index (χ4v) is 3.16. The monoisotopic (exact) mass is 360 g/mol. The molecule has 0 aliphatic carbocycles. The number of rotatable bonds is 4. The molecule has 1 aliphatic rings. The SMILES string of the molecule is Fc1cccc(Nc2cc(N[C@H]3CCCNC3)nc3c(Cl)cnn23)c1. The third-order valence-corrected chi connectivity index (χ3v) is 4.44. The molecule has 1 aliphatic heterocycles. The maximum Gasteiger partial charge on any atom is 0.178 e. The van der Waals surface area contributed by atoms with Crippen LogP contribution in [0.15, 0.2) is 36.5 Å². The van der Waals surface area contributed by atoms with Gasteiger partial charge in [0.25, 0.3) is 0 Å². The summed E-state index contributed by atoms with van der Waals surface area (Å²) in [4.78, 5) is 4.56. The lowest BCUT2D eigenvalue weighted by Crippen LogP contribution is -2.38. The van der Waals surface area contributed by atoms with E-state index in [4.69, 9.17) is 11.6 Å². The van der Waals surface area contributed by atoms with Gasteiger partial charge in [-0.2, -0.15) is 9.61 Å². The van der Waals surface area contributed by atoms with Gasteiger partial charge in [0.1, 0.15) is 22.5 Å². The highest BCUT2D eigenvalue weighted by Gasteiger charge is 2.16. The van der Waals surface area contributed by atoms with Crippen LogP contribution in [0.1, 0.15) is 12.8 Å². The van der Waals surface area contributed by atoms with Crippen molar-refractivity contribution in [2.24, 2.45) is 0 Å². The number of hydrogen-bond donors (Lipinski definition) is 3. The topological polar surface area (TPSA) is 66.3 Å². The van der Waals surface area contributed by atoms with Gasteiger partial charge in [0, 0.05) is 24.3 Å². The molecule has 0 spiro atoms.